The van der Waals surface area contributed by atoms with Crippen LogP contribution in [0.4, 0.5) is 5.82 Å². The zero-order valence-electron chi connectivity index (χ0n) is 15.8. The average Bonchev–Trinajstić information content (AvgIpc) is 3.40. The zero-order chi connectivity index (χ0) is 20.5. The second-order valence-electron chi connectivity index (χ2n) is 6.65. The SMILES string of the molecule is N#Cc1cc2c(cc1Sc1nc3c(N)ncn(CCc4ccccc4)c-3n1)OCO2. The molecule has 0 saturated carbocycles. The molecule has 2 N–H and O–H groups in total. The van der Waals surface area contributed by atoms with Crippen molar-refractivity contribution in [2.24, 2.45) is 0 Å². The lowest BCUT2D eigenvalue weighted by atomic mass is 10.1. The van der Waals surface area contributed by atoms with Crippen LogP contribution in [0.3, 0.4) is 0 Å². The van der Waals surface area contributed by atoms with Crippen LogP contribution < -0.4 is 15.2 Å². The molecule has 3 aliphatic heterocycles. The summed E-state index contributed by atoms with van der Waals surface area (Å²) in [5, 5.41) is 9.99. The van der Waals surface area contributed by atoms with Crippen LogP contribution in [0.5, 0.6) is 11.5 Å². The van der Waals surface area contributed by atoms with E-state index in [2.05, 4.69) is 33.2 Å². The number of hydrogen-bond donors (Lipinski definition) is 1. The Morgan fingerprint density at radius 2 is 1.93 bits per heavy atom. The Labute approximate surface area is 176 Å². The van der Waals surface area contributed by atoms with Crippen LogP contribution in [0.2, 0.25) is 0 Å². The van der Waals surface area contributed by atoms with Gasteiger partial charge in [0, 0.05) is 17.5 Å². The first kappa shape index (κ1) is 18.3. The number of nitrogen functional groups attached to an aromatic ring is 1. The van der Waals surface area contributed by atoms with Crippen molar-refractivity contribution in [2.45, 2.75) is 23.0 Å². The molecule has 2 aromatic rings. The largest absolute Gasteiger partial charge is 0.454 e. The van der Waals surface area contributed by atoms with E-state index in [9.17, 15) is 5.26 Å². The summed E-state index contributed by atoms with van der Waals surface area (Å²) in [6, 6.07) is 15.8. The number of aryl methyl sites for hydroxylation is 2. The van der Waals surface area contributed by atoms with Crippen LogP contribution in [-0.2, 0) is 13.0 Å². The Bertz CT molecular complexity index is 1230. The first-order valence-electron chi connectivity index (χ1n) is 9.25. The maximum atomic E-state index is 9.50. The maximum absolute atomic E-state index is 9.50. The van der Waals surface area contributed by atoms with Crippen molar-refractivity contribution in [3.05, 3.63) is 59.9 Å². The van der Waals surface area contributed by atoms with Gasteiger partial charge in [-0.05, 0) is 29.8 Å². The maximum Gasteiger partial charge on any atom is 0.231 e. The third-order valence-electron chi connectivity index (χ3n) is 4.75. The number of fused-ring (bicyclic) bond motifs is 2. The smallest absolute Gasteiger partial charge is 0.231 e. The van der Waals surface area contributed by atoms with Gasteiger partial charge in [-0.15, -0.1) is 0 Å². The Kier molecular flexibility index (Phi) is 4.61. The van der Waals surface area contributed by atoms with Gasteiger partial charge in [-0.25, -0.2) is 15.0 Å². The lowest BCUT2D eigenvalue weighted by molar-refractivity contribution is 0.174. The van der Waals surface area contributed by atoms with Gasteiger partial charge >= 0.3 is 0 Å². The molecular formula is C21H16N6O2S. The van der Waals surface area contributed by atoms with Gasteiger partial charge in [-0.2, -0.15) is 5.26 Å². The molecule has 148 valence electrons. The van der Waals surface area contributed by atoms with Crippen LogP contribution in [0.25, 0.3) is 11.5 Å². The van der Waals surface area contributed by atoms with Gasteiger partial charge in [0.1, 0.15) is 6.07 Å². The number of hydrogen-bond acceptors (Lipinski definition) is 8. The minimum absolute atomic E-state index is 0.148. The highest BCUT2D eigenvalue weighted by Gasteiger charge is 2.22. The van der Waals surface area contributed by atoms with E-state index < -0.39 is 0 Å². The molecule has 5 rings (SSSR count). The van der Waals surface area contributed by atoms with Crippen LogP contribution in [0.1, 0.15) is 11.1 Å². The molecule has 0 radical (unpaired) electrons. The van der Waals surface area contributed by atoms with Gasteiger partial charge in [0.05, 0.1) is 11.9 Å². The molecule has 0 aromatic heterocycles. The number of nitriles is 1. The second kappa shape index (κ2) is 7.57. The van der Waals surface area contributed by atoms with E-state index in [1.807, 2.05) is 22.8 Å². The van der Waals surface area contributed by atoms with Gasteiger partial charge < -0.3 is 19.8 Å². The van der Waals surface area contributed by atoms with Crippen molar-refractivity contribution in [1.82, 2.24) is 19.5 Å². The van der Waals surface area contributed by atoms with E-state index in [1.54, 1.807) is 18.5 Å². The molecule has 2 aromatic carbocycles. The van der Waals surface area contributed by atoms with Crippen LogP contribution in [-0.4, -0.2) is 26.3 Å². The summed E-state index contributed by atoms with van der Waals surface area (Å²) >= 11 is 1.29. The molecule has 0 fully saturated rings. The lowest BCUT2D eigenvalue weighted by Crippen LogP contribution is -2.09. The van der Waals surface area contributed by atoms with E-state index in [4.69, 9.17) is 15.2 Å². The summed E-state index contributed by atoms with van der Waals surface area (Å²) in [6.07, 6.45) is 2.52. The number of rotatable bonds is 5. The molecule has 0 saturated heterocycles. The number of imidazole rings is 1. The monoisotopic (exact) mass is 416 g/mol. The average molecular weight is 416 g/mol. The van der Waals surface area contributed by atoms with Crippen molar-refractivity contribution >= 4 is 17.6 Å². The third kappa shape index (κ3) is 3.38. The number of nitrogens with two attached hydrogens (primary N) is 1. The van der Waals surface area contributed by atoms with Crippen LogP contribution in [0, 0.1) is 11.3 Å². The van der Waals surface area contributed by atoms with Gasteiger partial charge in [-0.1, -0.05) is 30.3 Å². The Balaban J connectivity index is 1.46. The molecule has 0 spiro atoms. The molecule has 0 amide bonds. The zero-order valence-corrected chi connectivity index (χ0v) is 16.6. The van der Waals surface area contributed by atoms with Gasteiger partial charge in [0.25, 0.3) is 0 Å². The van der Waals surface area contributed by atoms with Gasteiger partial charge in [-0.3, -0.25) is 0 Å². The summed E-state index contributed by atoms with van der Waals surface area (Å²) in [4.78, 5) is 14.2. The lowest BCUT2D eigenvalue weighted by Gasteiger charge is -2.11. The third-order valence-corrected chi connectivity index (χ3v) is 5.68. The highest BCUT2D eigenvalue weighted by Crippen LogP contribution is 2.40. The van der Waals surface area contributed by atoms with Crippen molar-refractivity contribution in [3.8, 4) is 29.1 Å². The quantitative estimate of drug-likeness (QED) is 0.527. The van der Waals surface area contributed by atoms with Gasteiger partial charge in [0.15, 0.2) is 34.0 Å². The minimum Gasteiger partial charge on any atom is -0.454 e. The summed E-state index contributed by atoms with van der Waals surface area (Å²) < 4.78 is 12.7. The molecule has 8 nitrogen and oxygen atoms in total. The molecular weight excluding hydrogens is 400 g/mol. The Morgan fingerprint density at radius 3 is 2.73 bits per heavy atom. The first-order valence-corrected chi connectivity index (χ1v) is 10.1. The van der Waals surface area contributed by atoms with Crippen molar-refractivity contribution in [3.63, 3.8) is 0 Å². The second-order valence-corrected chi connectivity index (χ2v) is 7.66. The fourth-order valence-corrected chi connectivity index (χ4v) is 4.08. The predicted octanol–water partition coefficient (Wildman–Crippen LogP) is 3.35. The summed E-state index contributed by atoms with van der Waals surface area (Å²) in [7, 11) is 0. The standard InChI is InChI=1S/C21H16N6O2S/c22-10-14-8-15-16(29-12-28-15)9-17(14)30-21-25-18-19(23)24-11-27(20(18)26-21)7-6-13-4-2-1-3-5-13/h1-5,8-9,11H,6-7,12,23H2. The molecule has 0 atom stereocenters. The number of anilines is 1. The van der Waals surface area contributed by atoms with Crippen LogP contribution >= 0.6 is 11.8 Å². The van der Waals surface area contributed by atoms with Crippen molar-refractivity contribution in [2.75, 3.05) is 12.5 Å². The number of aromatic nitrogens is 4. The van der Waals surface area contributed by atoms with Crippen LogP contribution in [0.15, 0.2) is 58.8 Å². The molecule has 0 unspecified atom stereocenters. The number of benzene rings is 2. The summed E-state index contributed by atoms with van der Waals surface area (Å²) in [5.74, 6) is 2.16. The molecule has 30 heavy (non-hydrogen) atoms. The van der Waals surface area contributed by atoms with Crippen molar-refractivity contribution < 1.29 is 9.47 Å². The summed E-state index contributed by atoms with van der Waals surface area (Å²) in [5.41, 5.74) is 8.29. The fraction of sp³-hybridized carbons (Fsp3) is 0.143. The highest BCUT2D eigenvalue weighted by atomic mass is 32.2. The first-order chi connectivity index (χ1) is 14.7. The van der Waals surface area contributed by atoms with Crippen molar-refractivity contribution in [1.29, 1.82) is 5.26 Å². The van der Waals surface area contributed by atoms with E-state index in [0.717, 1.165) is 6.42 Å². The normalized spacial score (nSPS) is 12.2. The minimum atomic E-state index is 0.148. The topological polar surface area (TPSA) is 112 Å². The Hall–Kier alpha value is -3.77. The highest BCUT2D eigenvalue weighted by molar-refractivity contribution is 7.99. The molecule has 0 bridgehead atoms. The Morgan fingerprint density at radius 1 is 1.13 bits per heavy atom. The number of ether oxygens (including phenoxy) is 2. The molecule has 3 heterocycles. The predicted molar refractivity (Wildman–Crippen MR) is 110 cm³/mol. The molecule has 0 aliphatic carbocycles. The molecule has 3 aliphatic rings. The van der Waals surface area contributed by atoms with Gasteiger partial charge in [0.2, 0.25) is 6.79 Å². The van der Waals surface area contributed by atoms with E-state index in [0.29, 0.717) is 51.0 Å². The summed E-state index contributed by atoms with van der Waals surface area (Å²) in [6.45, 7) is 0.846. The molecule has 9 heteroatoms. The van der Waals surface area contributed by atoms with E-state index in [1.165, 1.54) is 17.3 Å². The van der Waals surface area contributed by atoms with E-state index >= 15 is 0 Å². The van der Waals surface area contributed by atoms with E-state index in [-0.39, 0.29) is 6.79 Å². The fourth-order valence-electron chi connectivity index (χ4n) is 3.23. The number of nitrogens with zero attached hydrogens (tertiary/aromatic N) is 5.